The molecule has 0 bridgehead atoms. The van der Waals surface area contributed by atoms with Crippen LogP contribution in [0.1, 0.15) is 29.3 Å². The zero-order valence-electron chi connectivity index (χ0n) is 12.9. The third-order valence-electron chi connectivity index (χ3n) is 4.27. The van der Waals surface area contributed by atoms with Crippen molar-refractivity contribution < 1.29 is 4.79 Å². The standard InChI is InChI=1S/C20H16N2O/c1-13(23)14-4-6-15(7-5-14)18-11-10-17-9-8-16-3-2-12-21-19(16)20(17)22-18/h4-12H,2-3H2,1H3. The Balaban J connectivity index is 1.85. The van der Waals surface area contributed by atoms with Gasteiger partial charge in [-0.05, 0) is 31.4 Å². The van der Waals surface area contributed by atoms with Crippen LogP contribution in [0.25, 0.3) is 22.2 Å². The van der Waals surface area contributed by atoms with Crippen molar-refractivity contribution in [1.29, 1.82) is 0 Å². The number of aryl methyl sites for hydroxylation is 1. The van der Waals surface area contributed by atoms with E-state index in [1.807, 2.05) is 36.5 Å². The molecule has 0 radical (unpaired) electrons. The van der Waals surface area contributed by atoms with Gasteiger partial charge in [-0.15, -0.1) is 0 Å². The number of rotatable bonds is 2. The summed E-state index contributed by atoms with van der Waals surface area (Å²) in [6.45, 7) is 1.58. The molecule has 0 saturated carbocycles. The van der Waals surface area contributed by atoms with Gasteiger partial charge in [-0.2, -0.15) is 0 Å². The smallest absolute Gasteiger partial charge is 0.159 e. The van der Waals surface area contributed by atoms with E-state index in [2.05, 4.69) is 23.2 Å². The topological polar surface area (TPSA) is 42.3 Å². The van der Waals surface area contributed by atoms with Crippen molar-refractivity contribution in [1.82, 2.24) is 4.98 Å². The molecule has 23 heavy (non-hydrogen) atoms. The van der Waals surface area contributed by atoms with Crippen LogP contribution in [0.15, 0.2) is 53.5 Å². The van der Waals surface area contributed by atoms with Gasteiger partial charge in [0.1, 0.15) is 0 Å². The second-order valence-electron chi connectivity index (χ2n) is 5.83. The van der Waals surface area contributed by atoms with Gasteiger partial charge in [0.2, 0.25) is 0 Å². The van der Waals surface area contributed by atoms with Gasteiger partial charge in [-0.3, -0.25) is 9.79 Å². The third kappa shape index (κ3) is 2.44. The van der Waals surface area contributed by atoms with Crippen molar-refractivity contribution in [2.75, 3.05) is 0 Å². The summed E-state index contributed by atoms with van der Waals surface area (Å²) in [5.41, 5.74) is 5.84. The maximum Gasteiger partial charge on any atom is 0.159 e. The zero-order valence-corrected chi connectivity index (χ0v) is 12.9. The highest BCUT2D eigenvalue weighted by molar-refractivity contribution is 5.96. The van der Waals surface area contributed by atoms with Crippen molar-refractivity contribution in [3.63, 3.8) is 0 Å². The van der Waals surface area contributed by atoms with Gasteiger partial charge in [-0.1, -0.05) is 42.5 Å². The highest BCUT2D eigenvalue weighted by Gasteiger charge is 2.12. The predicted octanol–water partition coefficient (Wildman–Crippen LogP) is 4.75. The van der Waals surface area contributed by atoms with E-state index in [-0.39, 0.29) is 5.78 Å². The van der Waals surface area contributed by atoms with Crippen LogP contribution in [0.5, 0.6) is 0 Å². The quantitative estimate of drug-likeness (QED) is 0.641. The normalized spacial score (nSPS) is 13.1. The lowest BCUT2D eigenvalue weighted by Crippen LogP contribution is -1.96. The van der Waals surface area contributed by atoms with E-state index in [4.69, 9.17) is 4.98 Å². The molecule has 1 aromatic heterocycles. The number of hydrogen-bond acceptors (Lipinski definition) is 3. The molecule has 0 unspecified atom stereocenters. The molecule has 0 saturated heterocycles. The molecular formula is C20H16N2O. The number of fused-ring (bicyclic) bond motifs is 3. The Morgan fingerprint density at radius 1 is 1.00 bits per heavy atom. The van der Waals surface area contributed by atoms with Gasteiger partial charge in [0.05, 0.1) is 16.9 Å². The number of carbonyl (C=O) groups is 1. The largest absolute Gasteiger partial charge is 0.295 e. The second-order valence-corrected chi connectivity index (χ2v) is 5.83. The van der Waals surface area contributed by atoms with E-state index in [1.54, 1.807) is 6.92 Å². The average molecular weight is 300 g/mol. The summed E-state index contributed by atoms with van der Waals surface area (Å²) in [5, 5.41) is 1.10. The van der Waals surface area contributed by atoms with Crippen LogP contribution in [0.3, 0.4) is 0 Å². The number of nitrogens with zero attached hydrogens (tertiary/aromatic N) is 2. The van der Waals surface area contributed by atoms with Gasteiger partial charge in [0.15, 0.2) is 5.78 Å². The fraction of sp³-hybridized carbons (Fsp3) is 0.150. The van der Waals surface area contributed by atoms with E-state index in [0.717, 1.165) is 46.3 Å². The fourth-order valence-corrected chi connectivity index (χ4v) is 2.97. The molecule has 0 atom stereocenters. The molecule has 1 aliphatic heterocycles. The fourth-order valence-electron chi connectivity index (χ4n) is 2.97. The second kappa shape index (κ2) is 5.43. The molecule has 0 fully saturated rings. The summed E-state index contributed by atoms with van der Waals surface area (Å²) in [4.78, 5) is 20.8. The summed E-state index contributed by atoms with van der Waals surface area (Å²) in [6.07, 6.45) is 3.98. The summed E-state index contributed by atoms with van der Waals surface area (Å²) >= 11 is 0. The van der Waals surface area contributed by atoms with Crippen LogP contribution in [0, 0.1) is 0 Å². The van der Waals surface area contributed by atoms with Crippen LogP contribution < -0.4 is 0 Å². The minimum atomic E-state index is 0.0754. The highest BCUT2D eigenvalue weighted by atomic mass is 16.1. The maximum atomic E-state index is 11.4. The number of aliphatic imine (C=N–C) groups is 1. The minimum Gasteiger partial charge on any atom is -0.295 e. The van der Waals surface area contributed by atoms with Crippen molar-refractivity contribution in [2.24, 2.45) is 4.99 Å². The first-order valence-corrected chi connectivity index (χ1v) is 7.79. The Labute approximate surface area is 134 Å². The molecule has 112 valence electrons. The average Bonchev–Trinajstić information content (AvgIpc) is 2.61. The maximum absolute atomic E-state index is 11.4. The number of ketones is 1. The van der Waals surface area contributed by atoms with Gasteiger partial charge in [0.25, 0.3) is 0 Å². The molecule has 1 aliphatic rings. The molecular weight excluding hydrogens is 284 g/mol. The number of aromatic nitrogens is 1. The van der Waals surface area contributed by atoms with E-state index < -0.39 is 0 Å². The van der Waals surface area contributed by atoms with Crippen molar-refractivity contribution >= 4 is 28.6 Å². The Morgan fingerprint density at radius 2 is 1.78 bits per heavy atom. The number of pyridine rings is 1. The lowest BCUT2D eigenvalue weighted by molar-refractivity contribution is 0.101. The molecule has 4 rings (SSSR count). The Hall–Kier alpha value is -2.81. The third-order valence-corrected chi connectivity index (χ3v) is 4.27. The zero-order chi connectivity index (χ0) is 15.8. The number of Topliss-reactive ketones (excluding diaryl/α,β-unsaturated/α-hetero) is 1. The van der Waals surface area contributed by atoms with Crippen LogP contribution in [-0.2, 0) is 6.42 Å². The molecule has 2 aromatic carbocycles. The molecule has 2 heterocycles. The summed E-state index contributed by atoms with van der Waals surface area (Å²) in [6, 6.07) is 16.0. The summed E-state index contributed by atoms with van der Waals surface area (Å²) < 4.78 is 0. The molecule has 3 aromatic rings. The highest BCUT2D eigenvalue weighted by Crippen LogP contribution is 2.33. The summed E-state index contributed by atoms with van der Waals surface area (Å²) in [7, 11) is 0. The lowest BCUT2D eigenvalue weighted by Gasteiger charge is -2.12. The Kier molecular flexibility index (Phi) is 3.27. The van der Waals surface area contributed by atoms with E-state index in [9.17, 15) is 4.79 Å². The van der Waals surface area contributed by atoms with Crippen molar-refractivity contribution in [3.8, 4) is 11.3 Å². The first-order valence-electron chi connectivity index (χ1n) is 7.79. The molecule has 3 heteroatoms. The lowest BCUT2D eigenvalue weighted by atomic mass is 10.0. The minimum absolute atomic E-state index is 0.0754. The van der Waals surface area contributed by atoms with E-state index in [1.165, 1.54) is 5.56 Å². The van der Waals surface area contributed by atoms with E-state index in [0.29, 0.717) is 0 Å². The van der Waals surface area contributed by atoms with Gasteiger partial charge in [-0.25, -0.2) is 4.98 Å². The SMILES string of the molecule is CC(=O)c1ccc(-c2ccc3ccc4c(c3n2)N=CCC4)cc1. The first kappa shape index (κ1) is 13.8. The van der Waals surface area contributed by atoms with Crippen LogP contribution in [-0.4, -0.2) is 17.0 Å². The van der Waals surface area contributed by atoms with Crippen LogP contribution >= 0.6 is 0 Å². The molecule has 0 spiro atoms. The monoisotopic (exact) mass is 300 g/mol. The Morgan fingerprint density at radius 3 is 2.57 bits per heavy atom. The first-order chi connectivity index (χ1) is 11.2. The van der Waals surface area contributed by atoms with Crippen molar-refractivity contribution in [3.05, 3.63) is 59.7 Å². The molecule has 0 N–H and O–H groups in total. The van der Waals surface area contributed by atoms with Crippen LogP contribution in [0.4, 0.5) is 5.69 Å². The van der Waals surface area contributed by atoms with Gasteiger partial charge >= 0.3 is 0 Å². The van der Waals surface area contributed by atoms with E-state index >= 15 is 0 Å². The van der Waals surface area contributed by atoms with Gasteiger partial charge in [0, 0.05) is 22.7 Å². The molecule has 0 amide bonds. The van der Waals surface area contributed by atoms with Crippen molar-refractivity contribution in [2.45, 2.75) is 19.8 Å². The number of benzene rings is 2. The van der Waals surface area contributed by atoms with Crippen LogP contribution in [0.2, 0.25) is 0 Å². The molecule has 3 nitrogen and oxygen atoms in total. The number of hydrogen-bond donors (Lipinski definition) is 0. The Bertz CT molecular complexity index is 940. The van der Waals surface area contributed by atoms with Gasteiger partial charge < -0.3 is 0 Å². The number of carbonyl (C=O) groups excluding carboxylic acids is 1. The summed E-state index contributed by atoms with van der Waals surface area (Å²) in [5.74, 6) is 0.0754. The molecule has 0 aliphatic carbocycles. The predicted molar refractivity (Wildman–Crippen MR) is 93.7 cm³/mol.